The topological polar surface area (TPSA) is 64.1 Å². The van der Waals surface area contributed by atoms with Crippen LogP contribution in [0.25, 0.3) is 10.2 Å². The highest BCUT2D eigenvalue weighted by Crippen LogP contribution is 2.43. The van der Waals surface area contributed by atoms with Crippen molar-refractivity contribution >= 4 is 56.7 Å². The van der Waals surface area contributed by atoms with Gasteiger partial charge in [0.1, 0.15) is 9.86 Å². The molecule has 0 spiro atoms. The van der Waals surface area contributed by atoms with Crippen molar-refractivity contribution < 1.29 is 9.53 Å². The number of carbonyl (C=O) groups is 1. The lowest BCUT2D eigenvalue weighted by atomic mass is 9.90. The van der Waals surface area contributed by atoms with E-state index in [1.165, 1.54) is 34.0 Å². The second kappa shape index (κ2) is 8.86. The third-order valence-corrected chi connectivity index (χ3v) is 8.09. The Hall–Kier alpha value is -1.61. The molecule has 0 saturated carbocycles. The standard InChI is InChI=1S/C22H25N3O2S3/c1-5-22(3)10-14-16(11-27-22)30-20-18(14)19(24-21(25-20)28-4)29-12-17(26)23-15-9-7-6-8-13(15)2/h6-9H,5,10-12H2,1-4H3,(H,23,26)/t22-/m1/s1. The average molecular weight is 460 g/mol. The summed E-state index contributed by atoms with van der Waals surface area (Å²) in [4.78, 5) is 24.3. The number of rotatable bonds is 6. The summed E-state index contributed by atoms with van der Waals surface area (Å²) in [5.41, 5.74) is 3.03. The molecule has 0 aliphatic carbocycles. The van der Waals surface area contributed by atoms with Crippen LogP contribution in [-0.2, 0) is 22.6 Å². The second-order valence-corrected chi connectivity index (χ2v) is 10.4. The summed E-state index contributed by atoms with van der Waals surface area (Å²) >= 11 is 4.70. The van der Waals surface area contributed by atoms with Crippen molar-refractivity contribution in [2.45, 2.75) is 56.0 Å². The largest absolute Gasteiger partial charge is 0.369 e. The van der Waals surface area contributed by atoms with Crippen LogP contribution in [0.15, 0.2) is 34.4 Å². The Kier molecular flexibility index (Phi) is 6.39. The highest BCUT2D eigenvalue weighted by Gasteiger charge is 2.33. The third-order valence-electron chi connectivity index (χ3n) is 5.47. The second-order valence-electron chi connectivity index (χ2n) is 7.62. The van der Waals surface area contributed by atoms with Gasteiger partial charge in [-0.3, -0.25) is 4.79 Å². The lowest BCUT2D eigenvalue weighted by Crippen LogP contribution is -2.33. The number of thiophene rings is 1. The van der Waals surface area contributed by atoms with Gasteiger partial charge in [0.25, 0.3) is 0 Å². The van der Waals surface area contributed by atoms with Crippen LogP contribution < -0.4 is 5.32 Å². The fraction of sp³-hybridized carbons (Fsp3) is 0.409. The van der Waals surface area contributed by atoms with Crippen LogP contribution in [-0.4, -0.2) is 33.5 Å². The molecular formula is C22H25N3O2S3. The van der Waals surface area contributed by atoms with Crippen molar-refractivity contribution in [3.8, 4) is 0 Å². The molecule has 158 valence electrons. The van der Waals surface area contributed by atoms with Crippen LogP contribution in [0.2, 0.25) is 0 Å². The number of carbonyl (C=O) groups excluding carboxylic acids is 1. The average Bonchev–Trinajstić information content (AvgIpc) is 3.11. The summed E-state index contributed by atoms with van der Waals surface area (Å²) in [5.74, 6) is 0.276. The number of amides is 1. The zero-order valence-corrected chi connectivity index (χ0v) is 20.0. The van der Waals surface area contributed by atoms with Gasteiger partial charge in [0.15, 0.2) is 5.16 Å². The Morgan fingerprint density at radius 2 is 2.13 bits per heavy atom. The first-order chi connectivity index (χ1) is 14.4. The van der Waals surface area contributed by atoms with Gasteiger partial charge in [0.2, 0.25) is 5.91 Å². The van der Waals surface area contributed by atoms with E-state index in [-0.39, 0.29) is 11.5 Å². The summed E-state index contributed by atoms with van der Waals surface area (Å²) in [7, 11) is 0. The van der Waals surface area contributed by atoms with E-state index in [1.807, 2.05) is 37.4 Å². The smallest absolute Gasteiger partial charge is 0.234 e. The summed E-state index contributed by atoms with van der Waals surface area (Å²) in [6, 6.07) is 7.81. The van der Waals surface area contributed by atoms with Crippen LogP contribution in [0.1, 0.15) is 36.3 Å². The summed E-state index contributed by atoms with van der Waals surface area (Å²) in [5, 5.41) is 5.74. The number of thioether (sulfide) groups is 2. The Morgan fingerprint density at radius 1 is 1.33 bits per heavy atom. The SMILES string of the molecule is CC[C@]1(C)Cc2c(sc3nc(SC)nc(SCC(=O)Nc4ccccc4C)c23)CO1. The molecule has 1 atom stereocenters. The van der Waals surface area contributed by atoms with Crippen LogP contribution in [0, 0.1) is 6.92 Å². The number of aromatic nitrogens is 2. The normalized spacial score (nSPS) is 18.4. The molecule has 1 aliphatic rings. The number of hydrogen-bond acceptors (Lipinski definition) is 7. The van der Waals surface area contributed by atoms with Crippen molar-refractivity contribution in [3.63, 3.8) is 0 Å². The maximum absolute atomic E-state index is 12.6. The number of nitrogens with zero attached hydrogens (tertiary/aromatic N) is 2. The van der Waals surface area contributed by atoms with Crippen molar-refractivity contribution in [1.82, 2.24) is 9.97 Å². The van der Waals surface area contributed by atoms with Gasteiger partial charge in [-0.25, -0.2) is 9.97 Å². The number of ether oxygens (including phenoxy) is 1. The number of fused-ring (bicyclic) bond motifs is 3. The summed E-state index contributed by atoms with van der Waals surface area (Å²) in [6.07, 6.45) is 3.78. The van der Waals surface area contributed by atoms with Gasteiger partial charge in [-0.1, -0.05) is 48.6 Å². The van der Waals surface area contributed by atoms with Gasteiger partial charge in [-0.15, -0.1) is 11.3 Å². The molecule has 0 saturated heterocycles. The van der Waals surface area contributed by atoms with E-state index in [4.69, 9.17) is 14.7 Å². The quantitative estimate of drug-likeness (QED) is 0.290. The minimum Gasteiger partial charge on any atom is -0.369 e. The maximum Gasteiger partial charge on any atom is 0.234 e. The summed E-state index contributed by atoms with van der Waals surface area (Å²) in [6.45, 7) is 6.94. The number of nitrogens with one attached hydrogen (secondary N) is 1. The molecule has 5 nitrogen and oxygen atoms in total. The molecule has 3 heterocycles. The van der Waals surface area contributed by atoms with Crippen LogP contribution in [0.5, 0.6) is 0 Å². The van der Waals surface area contributed by atoms with E-state index in [2.05, 4.69) is 19.2 Å². The zero-order valence-electron chi connectivity index (χ0n) is 17.6. The monoisotopic (exact) mass is 459 g/mol. The van der Waals surface area contributed by atoms with Crippen LogP contribution >= 0.6 is 34.9 Å². The van der Waals surface area contributed by atoms with Gasteiger partial charge < -0.3 is 10.1 Å². The van der Waals surface area contributed by atoms with Crippen LogP contribution in [0.3, 0.4) is 0 Å². The third kappa shape index (κ3) is 4.37. The highest BCUT2D eigenvalue weighted by molar-refractivity contribution is 8.00. The molecule has 2 aromatic heterocycles. The predicted octanol–water partition coefficient (Wildman–Crippen LogP) is 5.69. The predicted molar refractivity (Wildman–Crippen MR) is 127 cm³/mol. The molecule has 8 heteroatoms. The van der Waals surface area contributed by atoms with Crippen molar-refractivity contribution in [2.75, 3.05) is 17.3 Å². The van der Waals surface area contributed by atoms with Gasteiger partial charge in [0, 0.05) is 22.4 Å². The number of benzene rings is 1. The van der Waals surface area contributed by atoms with Crippen molar-refractivity contribution in [2.24, 2.45) is 0 Å². The number of para-hydroxylation sites is 1. The first kappa shape index (κ1) is 21.6. The molecule has 0 fully saturated rings. The number of hydrogen-bond donors (Lipinski definition) is 1. The Labute approximate surface area is 189 Å². The number of aryl methyl sites for hydroxylation is 1. The lowest BCUT2D eigenvalue weighted by Gasteiger charge is -2.33. The molecule has 1 aliphatic heterocycles. The maximum atomic E-state index is 12.6. The minimum atomic E-state index is -0.163. The van der Waals surface area contributed by atoms with E-state index in [9.17, 15) is 4.79 Å². The van der Waals surface area contributed by atoms with E-state index in [1.54, 1.807) is 11.3 Å². The van der Waals surface area contributed by atoms with E-state index >= 15 is 0 Å². The Bertz CT molecular complexity index is 1100. The van der Waals surface area contributed by atoms with E-state index < -0.39 is 0 Å². The molecule has 0 radical (unpaired) electrons. The Morgan fingerprint density at radius 3 is 2.87 bits per heavy atom. The molecule has 0 bridgehead atoms. The summed E-state index contributed by atoms with van der Waals surface area (Å²) < 4.78 is 6.13. The number of anilines is 1. The van der Waals surface area contributed by atoms with Crippen molar-refractivity contribution in [3.05, 3.63) is 40.3 Å². The van der Waals surface area contributed by atoms with Gasteiger partial charge in [0.05, 0.1) is 18.0 Å². The van der Waals surface area contributed by atoms with Crippen LogP contribution in [0.4, 0.5) is 5.69 Å². The first-order valence-electron chi connectivity index (χ1n) is 9.91. The molecule has 0 unspecified atom stereocenters. The van der Waals surface area contributed by atoms with Gasteiger partial charge in [-0.2, -0.15) is 0 Å². The molecule has 1 amide bonds. The fourth-order valence-corrected chi connectivity index (χ4v) is 5.98. The van der Waals surface area contributed by atoms with Gasteiger partial charge >= 0.3 is 0 Å². The zero-order chi connectivity index (χ0) is 21.3. The molecule has 30 heavy (non-hydrogen) atoms. The molecule has 3 aromatic rings. The molecule has 1 aromatic carbocycles. The van der Waals surface area contributed by atoms with E-state index in [0.29, 0.717) is 12.4 Å². The fourth-order valence-electron chi connectivity index (χ4n) is 3.48. The van der Waals surface area contributed by atoms with Crippen molar-refractivity contribution in [1.29, 1.82) is 0 Å². The minimum absolute atomic E-state index is 0.0300. The van der Waals surface area contributed by atoms with Gasteiger partial charge in [-0.05, 0) is 43.7 Å². The lowest BCUT2D eigenvalue weighted by molar-refractivity contribution is -0.113. The molecular weight excluding hydrogens is 434 g/mol. The molecule has 4 rings (SSSR count). The Balaban J connectivity index is 1.62. The van der Waals surface area contributed by atoms with E-state index in [0.717, 1.165) is 44.5 Å². The first-order valence-corrected chi connectivity index (χ1v) is 12.9. The highest BCUT2D eigenvalue weighted by atomic mass is 32.2. The molecule has 1 N–H and O–H groups in total.